The lowest BCUT2D eigenvalue weighted by Crippen LogP contribution is -2.33. The lowest BCUT2D eigenvalue weighted by atomic mass is 10.3. The average Bonchev–Trinajstić information content (AvgIpc) is 2.26. The first-order chi connectivity index (χ1) is 7.17. The molecule has 0 bridgehead atoms. The topological polar surface area (TPSA) is 85.2 Å². The van der Waals surface area contributed by atoms with Crippen molar-refractivity contribution in [1.29, 1.82) is 0 Å². The van der Waals surface area contributed by atoms with Gasteiger partial charge < -0.3 is 16.4 Å². The van der Waals surface area contributed by atoms with E-state index >= 15 is 0 Å². The van der Waals surface area contributed by atoms with Crippen LogP contribution in [0.25, 0.3) is 0 Å². The van der Waals surface area contributed by atoms with Gasteiger partial charge >= 0.3 is 0 Å². The summed E-state index contributed by atoms with van der Waals surface area (Å²) in [5.74, 6) is -0.347. The van der Waals surface area contributed by atoms with Gasteiger partial charge in [0.1, 0.15) is 0 Å². The van der Waals surface area contributed by atoms with Crippen LogP contribution >= 0.6 is 0 Å². The highest BCUT2D eigenvalue weighted by Gasteiger charge is 2.07. The Balaban J connectivity index is 2.78. The molecule has 0 radical (unpaired) electrons. The number of amides is 1. The summed E-state index contributed by atoms with van der Waals surface area (Å²) in [6.45, 7) is 3.30. The van der Waals surface area contributed by atoms with Crippen LogP contribution in [0.3, 0.4) is 0 Å². The van der Waals surface area contributed by atoms with Crippen molar-refractivity contribution >= 4 is 11.6 Å². The Morgan fingerprint density at radius 2 is 2.27 bits per heavy atom. The van der Waals surface area contributed by atoms with Crippen LogP contribution in [-0.2, 0) is 11.3 Å². The molecule has 15 heavy (non-hydrogen) atoms. The van der Waals surface area contributed by atoms with Crippen molar-refractivity contribution in [2.45, 2.75) is 13.5 Å². The summed E-state index contributed by atoms with van der Waals surface area (Å²) in [4.78, 5) is 16.8. The number of primary amides is 1. The van der Waals surface area contributed by atoms with Crippen molar-refractivity contribution in [1.82, 2.24) is 4.98 Å². The third-order valence-electron chi connectivity index (χ3n) is 2.11. The highest BCUT2D eigenvalue weighted by Crippen LogP contribution is 2.12. The number of aromatic nitrogens is 1. The quantitative estimate of drug-likeness (QED) is 0.704. The Hall–Kier alpha value is -1.62. The molecule has 0 aliphatic rings. The molecule has 0 spiro atoms. The number of rotatable bonds is 5. The molecule has 0 aliphatic carbocycles. The predicted molar refractivity (Wildman–Crippen MR) is 59.2 cm³/mol. The number of carbonyl (C=O) groups is 1. The van der Waals surface area contributed by atoms with Gasteiger partial charge in [0.2, 0.25) is 5.91 Å². The third-order valence-corrected chi connectivity index (χ3v) is 2.11. The van der Waals surface area contributed by atoms with E-state index in [0.29, 0.717) is 13.1 Å². The molecule has 1 amide bonds. The molecule has 0 saturated heterocycles. The van der Waals surface area contributed by atoms with E-state index in [-0.39, 0.29) is 12.5 Å². The van der Waals surface area contributed by atoms with E-state index in [1.165, 1.54) is 0 Å². The molecule has 0 atom stereocenters. The van der Waals surface area contributed by atoms with Gasteiger partial charge in [-0.15, -0.1) is 0 Å². The molecule has 1 aromatic rings. The van der Waals surface area contributed by atoms with Crippen LogP contribution in [0.1, 0.15) is 12.6 Å². The first-order valence-electron chi connectivity index (χ1n) is 4.85. The third kappa shape index (κ3) is 3.21. The van der Waals surface area contributed by atoms with Crippen molar-refractivity contribution in [2.24, 2.45) is 11.5 Å². The Labute approximate surface area is 89.1 Å². The fraction of sp³-hybridized carbons (Fsp3) is 0.400. The lowest BCUT2D eigenvalue weighted by molar-refractivity contribution is -0.116. The number of nitrogens with zero attached hydrogens (tertiary/aromatic N) is 2. The number of anilines is 1. The molecular formula is C10H16N4O. The molecule has 0 aliphatic heterocycles. The van der Waals surface area contributed by atoms with Crippen LogP contribution in [0.2, 0.25) is 0 Å². The Kier molecular flexibility index (Phi) is 4.05. The molecule has 5 nitrogen and oxygen atoms in total. The zero-order chi connectivity index (χ0) is 11.3. The van der Waals surface area contributed by atoms with Gasteiger partial charge in [-0.1, -0.05) is 0 Å². The van der Waals surface area contributed by atoms with Crippen LogP contribution in [0, 0.1) is 0 Å². The molecule has 4 N–H and O–H groups in total. The number of carbonyl (C=O) groups excluding carboxylic acids is 1. The zero-order valence-electron chi connectivity index (χ0n) is 8.81. The van der Waals surface area contributed by atoms with E-state index in [1.807, 2.05) is 24.0 Å². The SMILES string of the molecule is CCN(CC(N)=O)c1ccc(CN)nc1. The van der Waals surface area contributed by atoms with Crippen LogP contribution in [0.15, 0.2) is 18.3 Å². The molecule has 1 heterocycles. The Bertz CT molecular complexity index is 323. The molecule has 1 rings (SSSR count). The van der Waals surface area contributed by atoms with Gasteiger partial charge in [-0.05, 0) is 19.1 Å². The molecule has 82 valence electrons. The molecule has 0 saturated carbocycles. The molecular weight excluding hydrogens is 192 g/mol. The summed E-state index contributed by atoms with van der Waals surface area (Å²) in [6.07, 6.45) is 1.70. The van der Waals surface area contributed by atoms with Crippen LogP contribution in [-0.4, -0.2) is 24.0 Å². The molecule has 5 heteroatoms. The number of nitrogens with two attached hydrogens (primary N) is 2. The fourth-order valence-corrected chi connectivity index (χ4v) is 1.30. The minimum absolute atomic E-state index is 0.208. The number of pyridine rings is 1. The molecule has 0 fully saturated rings. The van der Waals surface area contributed by atoms with Crippen molar-refractivity contribution in [3.63, 3.8) is 0 Å². The maximum atomic E-state index is 10.8. The number of hydrogen-bond donors (Lipinski definition) is 2. The van der Waals surface area contributed by atoms with Gasteiger partial charge in [0, 0.05) is 13.1 Å². The highest BCUT2D eigenvalue weighted by atomic mass is 16.1. The molecule has 1 aromatic heterocycles. The first-order valence-corrected chi connectivity index (χ1v) is 4.85. The second-order valence-electron chi connectivity index (χ2n) is 3.19. The standard InChI is InChI=1S/C10H16N4O/c1-2-14(7-10(12)15)9-4-3-8(5-11)13-6-9/h3-4,6H,2,5,7,11H2,1H3,(H2,12,15). The van der Waals surface area contributed by atoms with E-state index in [4.69, 9.17) is 11.5 Å². The van der Waals surface area contributed by atoms with Crippen molar-refractivity contribution in [3.8, 4) is 0 Å². The van der Waals surface area contributed by atoms with Gasteiger partial charge in [-0.25, -0.2) is 0 Å². The lowest BCUT2D eigenvalue weighted by Gasteiger charge is -2.20. The van der Waals surface area contributed by atoms with E-state index in [2.05, 4.69) is 4.98 Å². The average molecular weight is 208 g/mol. The van der Waals surface area contributed by atoms with Crippen LogP contribution in [0.4, 0.5) is 5.69 Å². The predicted octanol–water partition coefficient (Wildman–Crippen LogP) is -0.148. The second-order valence-corrected chi connectivity index (χ2v) is 3.19. The van der Waals surface area contributed by atoms with Crippen LogP contribution in [0.5, 0.6) is 0 Å². The normalized spacial score (nSPS) is 10.0. The maximum absolute atomic E-state index is 10.8. The summed E-state index contributed by atoms with van der Waals surface area (Å²) in [6, 6.07) is 3.74. The molecule has 0 aromatic carbocycles. The summed E-state index contributed by atoms with van der Waals surface area (Å²) < 4.78 is 0. The highest BCUT2D eigenvalue weighted by molar-refractivity contribution is 5.79. The monoisotopic (exact) mass is 208 g/mol. The van der Waals surface area contributed by atoms with Crippen LogP contribution < -0.4 is 16.4 Å². The largest absolute Gasteiger partial charge is 0.368 e. The van der Waals surface area contributed by atoms with Crippen molar-refractivity contribution in [3.05, 3.63) is 24.0 Å². The fourth-order valence-electron chi connectivity index (χ4n) is 1.30. The smallest absolute Gasteiger partial charge is 0.236 e. The minimum Gasteiger partial charge on any atom is -0.368 e. The summed E-state index contributed by atoms with van der Waals surface area (Å²) in [5, 5.41) is 0. The van der Waals surface area contributed by atoms with E-state index in [1.54, 1.807) is 6.20 Å². The summed E-state index contributed by atoms with van der Waals surface area (Å²) in [5.41, 5.74) is 12.3. The van der Waals surface area contributed by atoms with Gasteiger partial charge in [-0.2, -0.15) is 0 Å². The maximum Gasteiger partial charge on any atom is 0.236 e. The van der Waals surface area contributed by atoms with Crippen molar-refractivity contribution in [2.75, 3.05) is 18.0 Å². The first kappa shape index (κ1) is 11.5. The molecule has 0 unspecified atom stereocenters. The van der Waals surface area contributed by atoms with Gasteiger partial charge in [0.05, 0.1) is 24.1 Å². The van der Waals surface area contributed by atoms with Crippen molar-refractivity contribution < 1.29 is 4.79 Å². The Morgan fingerprint density at radius 1 is 1.53 bits per heavy atom. The summed E-state index contributed by atoms with van der Waals surface area (Å²) >= 11 is 0. The number of hydrogen-bond acceptors (Lipinski definition) is 4. The van der Waals surface area contributed by atoms with E-state index in [9.17, 15) is 4.79 Å². The van der Waals surface area contributed by atoms with Gasteiger partial charge in [0.15, 0.2) is 0 Å². The second kappa shape index (κ2) is 5.31. The van der Waals surface area contributed by atoms with Gasteiger partial charge in [-0.3, -0.25) is 9.78 Å². The van der Waals surface area contributed by atoms with E-state index in [0.717, 1.165) is 11.4 Å². The van der Waals surface area contributed by atoms with Gasteiger partial charge in [0.25, 0.3) is 0 Å². The Morgan fingerprint density at radius 3 is 2.67 bits per heavy atom. The zero-order valence-corrected chi connectivity index (χ0v) is 8.81. The number of likely N-dealkylation sites (N-methyl/N-ethyl adjacent to an activating group) is 1. The summed E-state index contributed by atoms with van der Waals surface area (Å²) in [7, 11) is 0. The van der Waals surface area contributed by atoms with E-state index < -0.39 is 0 Å². The minimum atomic E-state index is -0.347.